The van der Waals surface area contributed by atoms with E-state index in [0.717, 1.165) is 11.1 Å². The van der Waals surface area contributed by atoms with E-state index in [1.54, 1.807) is 36.4 Å². The van der Waals surface area contributed by atoms with Gasteiger partial charge < -0.3 is 25.3 Å². The van der Waals surface area contributed by atoms with Gasteiger partial charge in [0.1, 0.15) is 0 Å². The lowest BCUT2D eigenvalue weighted by Crippen LogP contribution is -2.20. The molecule has 2 amide bonds. The number of primary amides is 1. The molecule has 0 aliphatic heterocycles. The van der Waals surface area contributed by atoms with Crippen LogP contribution in [0.3, 0.4) is 0 Å². The summed E-state index contributed by atoms with van der Waals surface area (Å²) in [4.78, 5) is 35.1. The first-order valence-electron chi connectivity index (χ1n) is 9.03. The van der Waals surface area contributed by atoms with Crippen molar-refractivity contribution < 1.29 is 28.6 Å². The van der Waals surface area contributed by atoms with Gasteiger partial charge >= 0.3 is 5.97 Å². The van der Waals surface area contributed by atoms with Crippen LogP contribution in [0.25, 0.3) is 6.08 Å². The highest BCUT2D eigenvalue weighted by Crippen LogP contribution is 2.28. The smallest absolute Gasteiger partial charge is 0.338 e. The van der Waals surface area contributed by atoms with Crippen molar-refractivity contribution in [3.8, 4) is 11.5 Å². The van der Waals surface area contributed by atoms with Crippen LogP contribution in [0.1, 0.15) is 27.0 Å². The lowest BCUT2D eigenvalue weighted by atomic mass is 10.0. The van der Waals surface area contributed by atoms with Gasteiger partial charge in [-0.05, 0) is 60.9 Å². The number of carbonyl (C=O) groups is 3. The van der Waals surface area contributed by atoms with Crippen molar-refractivity contribution in [2.75, 3.05) is 26.1 Å². The van der Waals surface area contributed by atoms with E-state index in [1.165, 1.54) is 20.3 Å². The first kappa shape index (κ1) is 22.5. The molecule has 158 valence electrons. The molecule has 0 saturated heterocycles. The average Bonchev–Trinajstić information content (AvgIpc) is 2.72. The largest absolute Gasteiger partial charge is 0.493 e. The van der Waals surface area contributed by atoms with Crippen LogP contribution in [0.15, 0.2) is 36.4 Å². The van der Waals surface area contributed by atoms with Crippen molar-refractivity contribution in [2.24, 2.45) is 5.73 Å². The monoisotopic (exact) mass is 412 g/mol. The molecule has 0 radical (unpaired) electrons. The van der Waals surface area contributed by atoms with Crippen LogP contribution < -0.4 is 20.5 Å². The van der Waals surface area contributed by atoms with Gasteiger partial charge in [0.2, 0.25) is 5.91 Å². The molecule has 0 bridgehead atoms. The molecular weight excluding hydrogens is 388 g/mol. The molecule has 0 saturated carbocycles. The lowest BCUT2D eigenvalue weighted by molar-refractivity contribution is -0.120. The van der Waals surface area contributed by atoms with Crippen molar-refractivity contribution in [1.82, 2.24) is 0 Å². The fourth-order valence-electron chi connectivity index (χ4n) is 2.67. The van der Waals surface area contributed by atoms with E-state index in [2.05, 4.69) is 5.32 Å². The third-order valence-corrected chi connectivity index (χ3v) is 4.32. The Kier molecular flexibility index (Phi) is 7.57. The summed E-state index contributed by atoms with van der Waals surface area (Å²) in [5.41, 5.74) is 8.29. The number of anilines is 1. The minimum Gasteiger partial charge on any atom is -0.493 e. The number of aryl methyl sites for hydroxylation is 1. The SMILES string of the molecule is COC(=O)c1cc(NC(=O)/C=C/c2ccc(OCC(N)=O)c(OC)c2)cc(C)c1C. The molecule has 2 aromatic carbocycles. The molecule has 8 nitrogen and oxygen atoms in total. The normalized spacial score (nSPS) is 10.5. The third-order valence-electron chi connectivity index (χ3n) is 4.32. The van der Waals surface area contributed by atoms with Gasteiger partial charge in [-0.1, -0.05) is 6.07 Å². The molecule has 0 spiro atoms. The Balaban J connectivity index is 2.14. The summed E-state index contributed by atoms with van der Waals surface area (Å²) in [5, 5.41) is 2.73. The number of carbonyl (C=O) groups excluding carboxylic acids is 3. The van der Waals surface area contributed by atoms with E-state index in [9.17, 15) is 14.4 Å². The van der Waals surface area contributed by atoms with E-state index in [1.807, 2.05) is 13.8 Å². The predicted molar refractivity (Wildman–Crippen MR) is 113 cm³/mol. The summed E-state index contributed by atoms with van der Waals surface area (Å²) in [6.07, 6.45) is 2.95. The van der Waals surface area contributed by atoms with Crippen molar-refractivity contribution in [2.45, 2.75) is 13.8 Å². The van der Waals surface area contributed by atoms with Gasteiger partial charge in [0.25, 0.3) is 5.91 Å². The second-order valence-corrected chi connectivity index (χ2v) is 6.45. The highest BCUT2D eigenvalue weighted by Gasteiger charge is 2.13. The van der Waals surface area contributed by atoms with Gasteiger partial charge in [-0.15, -0.1) is 0 Å². The Hall–Kier alpha value is -3.81. The number of nitrogens with one attached hydrogen (secondary N) is 1. The molecule has 0 aliphatic carbocycles. The Morgan fingerprint density at radius 2 is 1.80 bits per heavy atom. The van der Waals surface area contributed by atoms with Gasteiger partial charge in [-0.3, -0.25) is 9.59 Å². The van der Waals surface area contributed by atoms with Crippen molar-refractivity contribution in [3.05, 3.63) is 58.7 Å². The van der Waals surface area contributed by atoms with Crippen LogP contribution >= 0.6 is 0 Å². The summed E-state index contributed by atoms with van der Waals surface area (Å²) in [6, 6.07) is 8.33. The molecule has 0 unspecified atom stereocenters. The predicted octanol–water partition coefficient (Wildman–Crippen LogP) is 2.61. The molecule has 0 atom stereocenters. The lowest BCUT2D eigenvalue weighted by Gasteiger charge is -2.11. The zero-order valence-corrected chi connectivity index (χ0v) is 17.3. The van der Waals surface area contributed by atoms with Crippen LogP contribution in [0.4, 0.5) is 5.69 Å². The fourth-order valence-corrected chi connectivity index (χ4v) is 2.67. The van der Waals surface area contributed by atoms with Gasteiger partial charge in [0.05, 0.1) is 19.8 Å². The molecule has 2 aromatic rings. The van der Waals surface area contributed by atoms with E-state index in [-0.39, 0.29) is 12.5 Å². The van der Waals surface area contributed by atoms with Gasteiger partial charge in [-0.2, -0.15) is 0 Å². The average molecular weight is 412 g/mol. The number of benzene rings is 2. The number of hydrogen-bond acceptors (Lipinski definition) is 6. The molecule has 3 N–H and O–H groups in total. The molecule has 8 heteroatoms. The van der Waals surface area contributed by atoms with Crippen LogP contribution in [0.2, 0.25) is 0 Å². The van der Waals surface area contributed by atoms with E-state index in [4.69, 9.17) is 19.9 Å². The summed E-state index contributed by atoms with van der Waals surface area (Å²) in [6.45, 7) is 3.40. The second-order valence-electron chi connectivity index (χ2n) is 6.45. The quantitative estimate of drug-likeness (QED) is 0.508. The molecular formula is C22H24N2O6. The molecule has 0 heterocycles. The van der Waals surface area contributed by atoms with Crippen LogP contribution in [-0.4, -0.2) is 38.6 Å². The summed E-state index contributed by atoms with van der Waals surface area (Å²) in [7, 11) is 2.77. The number of nitrogens with two attached hydrogens (primary N) is 1. The number of hydrogen-bond donors (Lipinski definition) is 2. The molecule has 0 fully saturated rings. The number of ether oxygens (including phenoxy) is 3. The number of esters is 1. The minimum absolute atomic E-state index is 0.266. The molecule has 0 aromatic heterocycles. The number of methoxy groups -OCH3 is 2. The highest BCUT2D eigenvalue weighted by molar-refractivity contribution is 6.03. The van der Waals surface area contributed by atoms with Gasteiger partial charge in [0, 0.05) is 11.8 Å². The third kappa shape index (κ3) is 5.84. The van der Waals surface area contributed by atoms with Crippen molar-refractivity contribution in [1.29, 1.82) is 0 Å². The molecule has 0 aliphatic rings. The van der Waals surface area contributed by atoms with E-state index in [0.29, 0.717) is 28.3 Å². The number of amides is 2. The summed E-state index contributed by atoms with van der Waals surface area (Å²) < 4.78 is 15.3. The van der Waals surface area contributed by atoms with Crippen LogP contribution in [0.5, 0.6) is 11.5 Å². The number of rotatable bonds is 8. The van der Waals surface area contributed by atoms with Crippen LogP contribution in [0, 0.1) is 13.8 Å². The zero-order chi connectivity index (χ0) is 22.3. The standard InChI is InChI=1S/C22H24N2O6/c1-13-9-16(11-17(14(13)2)22(27)29-4)24-21(26)8-6-15-5-7-18(19(10-15)28-3)30-12-20(23)25/h5-11H,12H2,1-4H3,(H2,23,25)(H,24,26)/b8-6+. The van der Waals surface area contributed by atoms with E-state index < -0.39 is 11.9 Å². The Morgan fingerprint density at radius 1 is 1.07 bits per heavy atom. The maximum absolute atomic E-state index is 12.3. The van der Waals surface area contributed by atoms with Crippen LogP contribution in [-0.2, 0) is 14.3 Å². The Bertz CT molecular complexity index is 997. The minimum atomic E-state index is -0.598. The molecule has 30 heavy (non-hydrogen) atoms. The topological polar surface area (TPSA) is 117 Å². The maximum Gasteiger partial charge on any atom is 0.338 e. The Morgan fingerprint density at radius 3 is 2.43 bits per heavy atom. The Labute approximate surface area is 174 Å². The highest BCUT2D eigenvalue weighted by atomic mass is 16.5. The molecule has 2 rings (SSSR count). The van der Waals surface area contributed by atoms with Crippen molar-refractivity contribution in [3.63, 3.8) is 0 Å². The maximum atomic E-state index is 12.3. The summed E-state index contributed by atoms with van der Waals surface area (Å²) >= 11 is 0. The zero-order valence-electron chi connectivity index (χ0n) is 17.3. The van der Waals surface area contributed by atoms with E-state index >= 15 is 0 Å². The first-order chi connectivity index (χ1) is 14.2. The van der Waals surface area contributed by atoms with Gasteiger partial charge in [-0.25, -0.2) is 4.79 Å². The van der Waals surface area contributed by atoms with Crippen molar-refractivity contribution >= 4 is 29.5 Å². The second kappa shape index (κ2) is 10.1. The summed E-state index contributed by atoms with van der Waals surface area (Å²) in [5.74, 6) is -0.673. The first-order valence-corrected chi connectivity index (χ1v) is 9.03. The fraction of sp³-hybridized carbons (Fsp3) is 0.227. The van der Waals surface area contributed by atoms with Gasteiger partial charge in [0.15, 0.2) is 18.1 Å².